The van der Waals surface area contributed by atoms with E-state index in [9.17, 15) is 4.79 Å². The minimum Gasteiger partial charge on any atom is -0.462 e. The highest BCUT2D eigenvalue weighted by Gasteiger charge is 2.47. The molecule has 6 nitrogen and oxygen atoms in total. The molecular formula is C21H21BrN2O4. The zero-order chi connectivity index (χ0) is 20.1. The van der Waals surface area contributed by atoms with Crippen molar-refractivity contribution in [3.63, 3.8) is 0 Å². The molecule has 0 fully saturated rings. The Hall–Kier alpha value is -2.54. The van der Waals surface area contributed by atoms with E-state index >= 15 is 0 Å². The maximum Gasteiger partial charge on any atom is 0.310 e. The van der Waals surface area contributed by atoms with Crippen LogP contribution in [0.25, 0.3) is 0 Å². The number of nitrogens with zero attached hydrogens (tertiary/aromatic N) is 1. The third-order valence-electron chi connectivity index (χ3n) is 4.60. The molecule has 0 aromatic heterocycles. The van der Waals surface area contributed by atoms with Crippen molar-refractivity contribution in [3.05, 3.63) is 57.6 Å². The molecule has 28 heavy (non-hydrogen) atoms. The van der Waals surface area contributed by atoms with Crippen molar-refractivity contribution in [3.8, 4) is 11.5 Å². The van der Waals surface area contributed by atoms with Crippen molar-refractivity contribution in [1.29, 1.82) is 0 Å². The highest BCUT2D eigenvalue weighted by atomic mass is 79.9. The topological polar surface area (TPSA) is 83.1 Å². The van der Waals surface area contributed by atoms with E-state index in [0.717, 1.165) is 21.2 Å². The average molecular weight is 445 g/mol. The molecule has 0 aliphatic carbocycles. The van der Waals surface area contributed by atoms with E-state index in [1.807, 2.05) is 57.2 Å². The largest absolute Gasteiger partial charge is 0.462 e. The fraction of sp³-hybridized carbons (Fsp3) is 0.333. The lowest BCUT2D eigenvalue weighted by molar-refractivity contribution is -0.153. The van der Waals surface area contributed by atoms with Crippen LogP contribution in [0.5, 0.6) is 11.5 Å². The number of amidine groups is 1. The van der Waals surface area contributed by atoms with E-state index in [0.29, 0.717) is 11.5 Å². The van der Waals surface area contributed by atoms with Gasteiger partial charge in [-0.3, -0.25) is 4.79 Å². The van der Waals surface area contributed by atoms with E-state index in [1.165, 1.54) is 0 Å². The van der Waals surface area contributed by atoms with Crippen LogP contribution >= 0.6 is 15.9 Å². The highest BCUT2D eigenvalue weighted by molar-refractivity contribution is 9.10. The number of carbonyl (C=O) groups is 1. The third-order valence-corrected chi connectivity index (χ3v) is 5.09. The molecule has 0 saturated carbocycles. The van der Waals surface area contributed by atoms with E-state index < -0.39 is 11.1 Å². The number of rotatable bonds is 2. The summed E-state index contributed by atoms with van der Waals surface area (Å²) in [5.74, 6) is 1.09. The lowest BCUT2D eigenvalue weighted by atomic mass is 9.80. The number of ether oxygens (including phenoxy) is 3. The van der Waals surface area contributed by atoms with Gasteiger partial charge in [-0.25, -0.2) is 4.99 Å². The summed E-state index contributed by atoms with van der Waals surface area (Å²) in [6, 6.07) is 11.5. The molecule has 1 spiro atoms. The van der Waals surface area contributed by atoms with Crippen molar-refractivity contribution in [2.45, 2.75) is 38.3 Å². The first kappa shape index (κ1) is 18.8. The number of hydrogen-bond donors (Lipinski definition) is 1. The number of esters is 1. The van der Waals surface area contributed by atoms with Crippen LogP contribution in [0.2, 0.25) is 0 Å². The molecule has 0 amide bonds. The molecule has 2 aliphatic heterocycles. The SMILES string of the molecule is CC(C)(C)OC(=O)Cc1ccc2c(c1)C1(COC(N)=N1)c1cc(Br)ccc1O2. The zero-order valence-electron chi connectivity index (χ0n) is 15.9. The Morgan fingerprint density at radius 1 is 1.21 bits per heavy atom. The summed E-state index contributed by atoms with van der Waals surface area (Å²) in [7, 11) is 0. The Morgan fingerprint density at radius 2 is 1.89 bits per heavy atom. The summed E-state index contributed by atoms with van der Waals surface area (Å²) < 4.78 is 18.0. The molecule has 2 aromatic rings. The quantitative estimate of drug-likeness (QED) is 0.706. The first-order valence-electron chi connectivity index (χ1n) is 8.98. The Bertz CT molecular complexity index is 996. The van der Waals surface area contributed by atoms with Gasteiger partial charge in [-0.1, -0.05) is 22.0 Å². The van der Waals surface area contributed by atoms with E-state index in [-0.39, 0.29) is 25.0 Å². The maximum absolute atomic E-state index is 12.3. The molecule has 146 valence electrons. The molecule has 1 atom stereocenters. The maximum atomic E-state index is 12.3. The van der Waals surface area contributed by atoms with Gasteiger partial charge in [-0.2, -0.15) is 0 Å². The van der Waals surface area contributed by atoms with Gasteiger partial charge < -0.3 is 19.9 Å². The van der Waals surface area contributed by atoms with Gasteiger partial charge in [0.1, 0.15) is 23.7 Å². The van der Waals surface area contributed by atoms with Crippen LogP contribution in [0.4, 0.5) is 0 Å². The number of nitrogens with two attached hydrogens (primary N) is 1. The second-order valence-corrected chi connectivity index (χ2v) is 8.85. The summed E-state index contributed by atoms with van der Waals surface area (Å²) in [6.07, 6.45) is 0.159. The Balaban J connectivity index is 1.77. The molecular weight excluding hydrogens is 424 g/mol. The van der Waals surface area contributed by atoms with Crippen LogP contribution in [0.3, 0.4) is 0 Å². The Labute approximate surface area is 171 Å². The van der Waals surface area contributed by atoms with E-state index in [2.05, 4.69) is 20.9 Å². The first-order chi connectivity index (χ1) is 13.2. The Kier molecular flexibility index (Phi) is 4.38. The predicted molar refractivity (Wildman–Crippen MR) is 109 cm³/mol. The van der Waals surface area contributed by atoms with Crippen molar-refractivity contribution in [1.82, 2.24) is 0 Å². The number of carbonyl (C=O) groups excluding carboxylic acids is 1. The van der Waals surface area contributed by atoms with Gasteiger partial charge in [0, 0.05) is 15.6 Å². The zero-order valence-corrected chi connectivity index (χ0v) is 17.5. The molecule has 2 aliphatic rings. The molecule has 0 saturated heterocycles. The minimum absolute atomic E-state index is 0.135. The normalized spacial score (nSPS) is 19.9. The van der Waals surface area contributed by atoms with Crippen LogP contribution in [-0.4, -0.2) is 24.2 Å². The van der Waals surface area contributed by atoms with Gasteiger partial charge in [0.25, 0.3) is 6.02 Å². The first-order valence-corrected chi connectivity index (χ1v) is 9.77. The second-order valence-electron chi connectivity index (χ2n) is 7.94. The lowest BCUT2D eigenvalue weighted by Gasteiger charge is -2.33. The molecule has 2 aromatic carbocycles. The molecule has 1 unspecified atom stereocenters. The van der Waals surface area contributed by atoms with Gasteiger partial charge in [0.05, 0.1) is 6.42 Å². The summed E-state index contributed by atoms with van der Waals surface area (Å²) in [5, 5.41) is 0. The number of halogens is 1. The average Bonchev–Trinajstić information content (AvgIpc) is 2.97. The molecule has 0 bridgehead atoms. The number of benzene rings is 2. The molecule has 2 N–H and O–H groups in total. The van der Waals surface area contributed by atoms with E-state index in [1.54, 1.807) is 0 Å². The van der Waals surface area contributed by atoms with Gasteiger partial charge >= 0.3 is 5.97 Å². The number of hydrogen-bond acceptors (Lipinski definition) is 6. The van der Waals surface area contributed by atoms with Crippen LogP contribution in [0, 0.1) is 0 Å². The van der Waals surface area contributed by atoms with Crippen LogP contribution in [0.1, 0.15) is 37.5 Å². The van der Waals surface area contributed by atoms with Gasteiger partial charge in [0.2, 0.25) is 0 Å². The van der Waals surface area contributed by atoms with Crippen LogP contribution < -0.4 is 10.5 Å². The summed E-state index contributed by atoms with van der Waals surface area (Å²) in [6.45, 7) is 5.82. The molecule has 0 radical (unpaired) electrons. The van der Waals surface area contributed by atoms with Crippen molar-refractivity contribution in [2.24, 2.45) is 10.7 Å². The minimum atomic E-state index is -0.805. The van der Waals surface area contributed by atoms with Crippen LogP contribution in [0.15, 0.2) is 45.9 Å². The smallest absolute Gasteiger partial charge is 0.310 e. The summed E-state index contributed by atoms with van der Waals surface area (Å²) in [4.78, 5) is 16.9. The van der Waals surface area contributed by atoms with Crippen molar-refractivity contribution >= 4 is 27.9 Å². The van der Waals surface area contributed by atoms with Gasteiger partial charge in [0.15, 0.2) is 5.54 Å². The summed E-state index contributed by atoms with van der Waals surface area (Å²) >= 11 is 3.51. The fourth-order valence-electron chi connectivity index (χ4n) is 3.53. The predicted octanol–water partition coefficient (Wildman–Crippen LogP) is 4.03. The van der Waals surface area contributed by atoms with Crippen LogP contribution in [-0.2, 0) is 26.2 Å². The summed E-state index contributed by atoms with van der Waals surface area (Å²) in [5.41, 5.74) is 7.05. The number of aliphatic imine (C=N–C) groups is 1. The third kappa shape index (κ3) is 3.35. The lowest BCUT2D eigenvalue weighted by Crippen LogP contribution is -2.31. The van der Waals surface area contributed by atoms with Gasteiger partial charge in [-0.15, -0.1) is 0 Å². The second kappa shape index (κ2) is 6.51. The van der Waals surface area contributed by atoms with Crippen molar-refractivity contribution < 1.29 is 19.0 Å². The highest BCUT2D eigenvalue weighted by Crippen LogP contribution is 2.51. The molecule has 2 heterocycles. The Morgan fingerprint density at radius 3 is 2.54 bits per heavy atom. The van der Waals surface area contributed by atoms with Gasteiger partial charge in [-0.05, 0) is 56.7 Å². The van der Waals surface area contributed by atoms with E-state index in [4.69, 9.17) is 19.9 Å². The number of fused-ring (bicyclic) bond motifs is 4. The molecule has 7 heteroatoms. The monoisotopic (exact) mass is 444 g/mol. The van der Waals surface area contributed by atoms with Crippen molar-refractivity contribution in [2.75, 3.05) is 6.61 Å². The fourth-order valence-corrected chi connectivity index (χ4v) is 3.89. The molecule has 4 rings (SSSR count). The standard InChI is InChI=1S/C21H21BrN2O4/c1-20(2,3)28-18(25)9-12-4-6-16-14(8-12)21(11-26-19(23)24-21)15-10-13(22)5-7-17(15)27-16/h4-8,10H,9,11H2,1-3H3,(H2,23,24).